The van der Waals surface area contributed by atoms with E-state index in [2.05, 4.69) is 27.7 Å². The van der Waals surface area contributed by atoms with Gasteiger partial charge in [-0.3, -0.25) is 14.4 Å². The highest BCUT2D eigenvalue weighted by molar-refractivity contribution is 5.71. The minimum absolute atomic E-state index is 0.0614. The molecule has 0 fully saturated rings. The Labute approximate surface area is 425 Å². The summed E-state index contributed by atoms with van der Waals surface area (Å²) in [4.78, 5) is 38.2. The van der Waals surface area contributed by atoms with Crippen LogP contribution in [-0.4, -0.2) is 37.2 Å². The second-order valence-corrected chi connectivity index (χ2v) is 21.8. The molecule has 0 saturated carbocycles. The number of esters is 3. The van der Waals surface area contributed by atoms with Crippen LogP contribution in [0.5, 0.6) is 0 Å². The van der Waals surface area contributed by atoms with Gasteiger partial charge in [-0.25, -0.2) is 0 Å². The molecule has 0 rings (SSSR count). The van der Waals surface area contributed by atoms with Gasteiger partial charge in [-0.2, -0.15) is 0 Å². The van der Waals surface area contributed by atoms with Crippen LogP contribution in [-0.2, 0) is 28.6 Å². The molecular formula is C62H120O6. The summed E-state index contributed by atoms with van der Waals surface area (Å²) in [5, 5.41) is 0. The van der Waals surface area contributed by atoms with Gasteiger partial charge in [-0.1, -0.05) is 317 Å². The van der Waals surface area contributed by atoms with Crippen LogP contribution in [0.2, 0.25) is 0 Å². The monoisotopic (exact) mass is 961 g/mol. The molecule has 0 N–H and O–H groups in total. The van der Waals surface area contributed by atoms with Crippen LogP contribution in [0, 0.1) is 5.92 Å². The van der Waals surface area contributed by atoms with Crippen molar-refractivity contribution in [3.05, 3.63) is 0 Å². The standard InChI is InChI=1S/C62H120O6/c1-5-7-9-11-13-15-17-18-19-20-24-28-31-35-39-43-47-51-55-62(65)68-59(56-66-60(63)53-49-45-41-37-32-16-14-12-10-8-6-2)57-67-61(64)54-50-46-42-38-34-30-27-25-22-21-23-26-29-33-36-40-44-48-52-58(3)4/h58-59H,5-57H2,1-4H3/t59-/m1/s1. The van der Waals surface area contributed by atoms with E-state index in [-0.39, 0.29) is 31.1 Å². The number of hydrogen-bond donors (Lipinski definition) is 0. The summed E-state index contributed by atoms with van der Waals surface area (Å²) < 4.78 is 16.9. The van der Waals surface area contributed by atoms with E-state index in [1.807, 2.05) is 0 Å². The Morgan fingerprint density at radius 1 is 0.279 bits per heavy atom. The first-order chi connectivity index (χ1) is 33.4. The Kier molecular flexibility index (Phi) is 55.0. The van der Waals surface area contributed by atoms with Crippen molar-refractivity contribution in [2.45, 2.75) is 361 Å². The molecule has 0 saturated heterocycles. The van der Waals surface area contributed by atoms with E-state index in [0.29, 0.717) is 19.3 Å². The fourth-order valence-corrected chi connectivity index (χ4v) is 9.63. The van der Waals surface area contributed by atoms with Gasteiger partial charge < -0.3 is 14.2 Å². The normalized spacial score (nSPS) is 12.0. The van der Waals surface area contributed by atoms with Gasteiger partial charge in [0.2, 0.25) is 0 Å². The van der Waals surface area contributed by atoms with Crippen LogP contribution in [0.1, 0.15) is 355 Å². The molecule has 0 amide bonds. The summed E-state index contributed by atoms with van der Waals surface area (Å²) in [6.45, 7) is 9.08. The third-order valence-electron chi connectivity index (χ3n) is 14.3. The van der Waals surface area contributed by atoms with E-state index in [1.165, 1.54) is 250 Å². The second-order valence-electron chi connectivity index (χ2n) is 21.8. The van der Waals surface area contributed by atoms with E-state index in [0.717, 1.165) is 63.7 Å². The van der Waals surface area contributed by atoms with Crippen molar-refractivity contribution in [3.63, 3.8) is 0 Å². The molecule has 0 aliphatic heterocycles. The molecule has 68 heavy (non-hydrogen) atoms. The van der Waals surface area contributed by atoms with Gasteiger partial charge in [0.05, 0.1) is 0 Å². The molecule has 0 heterocycles. The smallest absolute Gasteiger partial charge is 0.306 e. The molecule has 0 aromatic rings. The third-order valence-corrected chi connectivity index (χ3v) is 14.3. The van der Waals surface area contributed by atoms with Gasteiger partial charge in [-0.15, -0.1) is 0 Å². The number of rotatable bonds is 57. The maximum absolute atomic E-state index is 12.9. The van der Waals surface area contributed by atoms with Gasteiger partial charge in [0.15, 0.2) is 6.10 Å². The zero-order chi connectivity index (χ0) is 49.5. The van der Waals surface area contributed by atoms with Gasteiger partial charge in [0, 0.05) is 19.3 Å². The largest absolute Gasteiger partial charge is 0.462 e. The number of unbranched alkanes of at least 4 members (excludes halogenated alkanes) is 44. The van der Waals surface area contributed by atoms with Gasteiger partial charge >= 0.3 is 17.9 Å². The predicted octanol–water partition coefficient (Wildman–Crippen LogP) is 20.6. The number of ether oxygens (including phenoxy) is 3. The van der Waals surface area contributed by atoms with Gasteiger partial charge in [0.1, 0.15) is 13.2 Å². The predicted molar refractivity (Wildman–Crippen MR) is 293 cm³/mol. The quantitative estimate of drug-likeness (QED) is 0.0343. The molecule has 0 bridgehead atoms. The molecule has 0 unspecified atom stereocenters. The van der Waals surface area contributed by atoms with Crippen molar-refractivity contribution in [3.8, 4) is 0 Å². The lowest BCUT2D eigenvalue weighted by Gasteiger charge is -2.18. The fourth-order valence-electron chi connectivity index (χ4n) is 9.63. The summed E-state index contributed by atoms with van der Waals surface area (Å²) >= 11 is 0. The minimum atomic E-state index is -0.762. The Morgan fingerprint density at radius 2 is 0.485 bits per heavy atom. The van der Waals surface area contributed by atoms with Crippen LogP contribution in [0.15, 0.2) is 0 Å². The van der Waals surface area contributed by atoms with E-state index in [9.17, 15) is 14.4 Å². The highest BCUT2D eigenvalue weighted by atomic mass is 16.6. The number of carbonyl (C=O) groups excluding carboxylic acids is 3. The van der Waals surface area contributed by atoms with Crippen molar-refractivity contribution >= 4 is 17.9 Å². The molecule has 0 aliphatic rings. The van der Waals surface area contributed by atoms with Crippen molar-refractivity contribution in [1.29, 1.82) is 0 Å². The third kappa shape index (κ3) is 55.3. The summed E-state index contributed by atoms with van der Waals surface area (Å²) in [6.07, 6.45) is 62.5. The molecule has 0 radical (unpaired) electrons. The Bertz CT molecular complexity index is 1030. The SMILES string of the molecule is CCCCCCCCCCCCCCCCCCCCC(=O)O[C@H](COC(=O)CCCCCCCCCCCCC)COC(=O)CCCCCCCCCCCCCCCCCCCCC(C)C. The summed E-state index contributed by atoms with van der Waals surface area (Å²) in [5.74, 6) is 0.0275. The van der Waals surface area contributed by atoms with Crippen LogP contribution >= 0.6 is 0 Å². The van der Waals surface area contributed by atoms with Crippen LogP contribution in [0.4, 0.5) is 0 Å². The Morgan fingerprint density at radius 3 is 0.721 bits per heavy atom. The van der Waals surface area contributed by atoms with E-state index < -0.39 is 6.10 Å². The molecule has 0 spiro atoms. The molecule has 6 nitrogen and oxygen atoms in total. The second kappa shape index (κ2) is 56.3. The fraction of sp³-hybridized carbons (Fsp3) is 0.952. The summed E-state index contributed by atoms with van der Waals surface area (Å²) in [7, 11) is 0. The Balaban J connectivity index is 4.21. The van der Waals surface area contributed by atoms with Crippen LogP contribution < -0.4 is 0 Å². The first-order valence-corrected chi connectivity index (χ1v) is 30.9. The molecule has 404 valence electrons. The van der Waals surface area contributed by atoms with Gasteiger partial charge in [0.25, 0.3) is 0 Å². The van der Waals surface area contributed by atoms with Crippen molar-refractivity contribution < 1.29 is 28.6 Å². The lowest BCUT2D eigenvalue weighted by Crippen LogP contribution is -2.30. The zero-order valence-electron chi connectivity index (χ0n) is 46.6. The van der Waals surface area contributed by atoms with Crippen molar-refractivity contribution in [1.82, 2.24) is 0 Å². The molecule has 1 atom stereocenters. The van der Waals surface area contributed by atoms with Crippen LogP contribution in [0.25, 0.3) is 0 Å². The lowest BCUT2D eigenvalue weighted by molar-refractivity contribution is -0.167. The van der Waals surface area contributed by atoms with Crippen molar-refractivity contribution in [2.24, 2.45) is 5.92 Å². The topological polar surface area (TPSA) is 78.9 Å². The van der Waals surface area contributed by atoms with Crippen LogP contribution in [0.3, 0.4) is 0 Å². The summed E-state index contributed by atoms with van der Waals surface area (Å²) in [5.41, 5.74) is 0. The number of hydrogen-bond acceptors (Lipinski definition) is 6. The highest BCUT2D eigenvalue weighted by Crippen LogP contribution is 2.18. The average molecular weight is 962 g/mol. The molecule has 0 aromatic heterocycles. The molecule has 0 aliphatic carbocycles. The van der Waals surface area contributed by atoms with E-state index >= 15 is 0 Å². The molecular weight excluding hydrogens is 841 g/mol. The Hall–Kier alpha value is -1.59. The maximum atomic E-state index is 12.9. The van der Waals surface area contributed by atoms with E-state index in [1.54, 1.807) is 0 Å². The number of carbonyl (C=O) groups is 3. The van der Waals surface area contributed by atoms with Gasteiger partial charge in [-0.05, 0) is 25.2 Å². The minimum Gasteiger partial charge on any atom is -0.462 e. The molecule has 0 aromatic carbocycles. The van der Waals surface area contributed by atoms with Crippen molar-refractivity contribution in [2.75, 3.05) is 13.2 Å². The highest BCUT2D eigenvalue weighted by Gasteiger charge is 2.19. The average Bonchev–Trinajstić information content (AvgIpc) is 3.32. The lowest BCUT2D eigenvalue weighted by atomic mass is 10.0. The van der Waals surface area contributed by atoms with E-state index in [4.69, 9.17) is 14.2 Å². The molecule has 6 heteroatoms. The first kappa shape index (κ1) is 66.4. The zero-order valence-corrected chi connectivity index (χ0v) is 46.6. The first-order valence-electron chi connectivity index (χ1n) is 30.9. The summed E-state index contributed by atoms with van der Waals surface area (Å²) in [6, 6.07) is 0. The maximum Gasteiger partial charge on any atom is 0.306 e.